The Bertz CT molecular complexity index is 1030. The Labute approximate surface area is 186 Å². The molecule has 31 heavy (non-hydrogen) atoms. The fourth-order valence-corrected chi connectivity index (χ4v) is 5.39. The largest absolute Gasteiger partial charge is 0.341 e. The fourth-order valence-electron chi connectivity index (χ4n) is 4.27. The van der Waals surface area contributed by atoms with Gasteiger partial charge in [-0.15, -0.1) is 11.3 Å². The number of aromatic nitrogens is 2. The van der Waals surface area contributed by atoms with Gasteiger partial charge in [-0.2, -0.15) is 5.10 Å². The lowest BCUT2D eigenvalue weighted by molar-refractivity contribution is 0.0797. The third kappa shape index (κ3) is 4.97. The number of unbranched alkanes of at least 4 members (excludes halogenated alkanes) is 2. The first-order valence-corrected chi connectivity index (χ1v) is 11.7. The summed E-state index contributed by atoms with van der Waals surface area (Å²) in [6.07, 6.45) is 5.20. The lowest BCUT2D eigenvalue weighted by Crippen LogP contribution is -2.30. The normalized spacial score (nSPS) is 18.7. The average molecular weight is 444 g/mol. The minimum atomic E-state index is -0.191. The maximum Gasteiger partial charge on any atom is 0.263 e. The fraction of sp³-hybridized carbons (Fsp3) is 0.478. The van der Waals surface area contributed by atoms with Crippen molar-refractivity contribution in [1.82, 2.24) is 25.5 Å². The maximum absolute atomic E-state index is 13.4. The highest BCUT2D eigenvalue weighted by atomic mass is 32.1. The molecular weight excluding hydrogens is 413 g/mol. The van der Waals surface area contributed by atoms with Crippen molar-refractivity contribution in [3.05, 3.63) is 52.3 Å². The van der Waals surface area contributed by atoms with Crippen LogP contribution in [0.5, 0.6) is 0 Å². The minimum absolute atomic E-state index is 0.0835. The number of hydrazine groups is 1. The zero-order valence-corrected chi connectivity index (χ0v) is 19.1. The van der Waals surface area contributed by atoms with E-state index in [0.29, 0.717) is 6.04 Å². The lowest BCUT2D eigenvalue weighted by atomic mass is 9.99. The highest BCUT2D eigenvalue weighted by molar-refractivity contribution is 7.20. The second-order valence-electron chi connectivity index (χ2n) is 8.44. The molecule has 2 unspecified atom stereocenters. The van der Waals surface area contributed by atoms with E-state index in [-0.39, 0.29) is 17.8 Å². The minimum Gasteiger partial charge on any atom is -0.341 e. The van der Waals surface area contributed by atoms with Crippen LogP contribution in [-0.2, 0) is 7.05 Å². The van der Waals surface area contributed by atoms with E-state index in [2.05, 4.69) is 16.0 Å². The number of nitrogens with one attached hydrogen (secondary N) is 2. The van der Waals surface area contributed by atoms with Crippen LogP contribution in [0.4, 0.5) is 4.39 Å². The molecule has 1 fully saturated rings. The molecule has 1 aromatic carbocycles. The van der Waals surface area contributed by atoms with Gasteiger partial charge in [-0.3, -0.25) is 20.3 Å². The molecule has 8 heteroatoms. The van der Waals surface area contributed by atoms with Crippen LogP contribution in [0.3, 0.4) is 0 Å². The molecule has 1 aliphatic heterocycles. The summed E-state index contributed by atoms with van der Waals surface area (Å²) in [5.41, 5.74) is 8.58. The molecule has 0 radical (unpaired) electrons. The third-order valence-corrected chi connectivity index (χ3v) is 7.22. The lowest BCUT2D eigenvalue weighted by Gasteiger charge is -2.16. The molecule has 1 aliphatic rings. The standard InChI is InChI=1S/C23H30FN5OS/c1-15-19-14-21(31-23(19)29(3)27-15)22(30)28(2)11-6-4-5-10-18-13-20(26-25-18)16-8-7-9-17(24)12-16/h7-9,12,14,18,20,25-26H,4-6,10-11,13H2,1-3H3. The number of halogens is 1. The molecule has 1 amide bonds. The summed E-state index contributed by atoms with van der Waals surface area (Å²) in [5, 5.41) is 5.47. The van der Waals surface area contributed by atoms with Crippen LogP contribution < -0.4 is 10.9 Å². The van der Waals surface area contributed by atoms with Crippen LogP contribution in [0.15, 0.2) is 30.3 Å². The SMILES string of the molecule is Cc1nn(C)c2sc(C(=O)N(C)CCCCCC3CC(c4cccc(F)c4)NN3)cc12. The van der Waals surface area contributed by atoms with E-state index in [9.17, 15) is 9.18 Å². The first kappa shape index (κ1) is 21.9. The number of thiophene rings is 1. The number of hydrogen-bond donors (Lipinski definition) is 2. The Balaban J connectivity index is 1.17. The van der Waals surface area contributed by atoms with Gasteiger partial charge in [-0.25, -0.2) is 4.39 Å². The van der Waals surface area contributed by atoms with Crippen LogP contribution in [0.2, 0.25) is 0 Å². The summed E-state index contributed by atoms with van der Waals surface area (Å²) >= 11 is 1.51. The van der Waals surface area contributed by atoms with Crippen molar-refractivity contribution in [2.75, 3.05) is 13.6 Å². The van der Waals surface area contributed by atoms with Crippen LogP contribution in [0.25, 0.3) is 10.2 Å². The summed E-state index contributed by atoms with van der Waals surface area (Å²) in [7, 11) is 3.79. The molecule has 0 spiro atoms. The van der Waals surface area contributed by atoms with Crippen LogP contribution in [0, 0.1) is 12.7 Å². The predicted octanol–water partition coefficient (Wildman–Crippen LogP) is 4.32. The van der Waals surface area contributed by atoms with Crippen molar-refractivity contribution >= 4 is 27.5 Å². The Morgan fingerprint density at radius 3 is 2.90 bits per heavy atom. The average Bonchev–Trinajstić information content (AvgIpc) is 3.45. The van der Waals surface area contributed by atoms with E-state index in [0.717, 1.165) is 65.0 Å². The van der Waals surface area contributed by atoms with E-state index < -0.39 is 0 Å². The molecule has 3 aromatic rings. The summed E-state index contributed by atoms with van der Waals surface area (Å²) in [4.78, 5) is 16.4. The van der Waals surface area contributed by atoms with Crippen molar-refractivity contribution in [3.63, 3.8) is 0 Å². The van der Waals surface area contributed by atoms with Crippen LogP contribution in [0.1, 0.15) is 59.1 Å². The van der Waals surface area contributed by atoms with Gasteiger partial charge in [-0.05, 0) is 49.9 Å². The van der Waals surface area contributed by atoms with E-state index >= 15 is 0 Å². The van der Waals surface area contributed by atoms with Gasteiger partial charge in [0.25, 0.3) is 5.91 Å². The number of amides is 1. The molecular formula is C23H30FN5OS. The molecule has 0 aliphatic carbocycles. The second-order valence-corrected chi connectivity index (χ2v) is 9.47. The molecule has 166 valence electrons. The molecule has 1 saturated heterocycles. The monoisotopic (exact) mass is 443 g/mol. The number of aryl methyl sites for hydroxylation is 2. The number of rotatable bonds is 8. The Morgan fingerprint density at radius 2 is 2.13 bits per heavy atom. The Kier molecular flexibility index (Phi) is 6.69. The maximum atomic E-state index is 13.4. The van der Waals surface area contributed by atoms with Gasteiger partial charge in [0.1, 0.15) is 10.6 Å². The van der Waals surface area contributed by atoms with Crippen molar-refractivity contribution in [1.29, 1.82) is 0 Å². The quantitative estimate of drug-likeness (QED) is 0.509. The summed E-state index contributed by atoms with van der Waals surface area (Å²) in [6.45, 7) is 2.73. The molecule has 3 heterocycles. The van der Waals surface area contributed by atoms with E-state index in [1.807, 2.05) is 42.7 Å². The molecule has 6 nitrogen and oxygen atoms in total. The van der Waals surface area contributed by atoms with Gasteiger partial charge in [0.2, 0.25) is 0 Å². The number of carbonyl (C=O) groups excluding carboxylic acids is 1. The van der Waals surface area contributed by atoms with Gasteiger partial charge in [-0.1, -0.05) is 25.0 Å². The first-order valence-electron chi connectivity index (χ1n) is 10.9. The van der Waals surface area contributed by atoms with Crippen molar-refractivity contribution < 1.29 is 9.18 Å². The van der Waals surface area contributed by atoms with Gasteiger partial charge >= 0.3 is 0 Å². The molecule has 0 bridgehead atoms. The van der Waals surface area contributed by atoms with E-state index in [4.69, 9.17) is 0 Å². The summed E-state index contributed by atoms with van der Waals surface area (Å²) < 4.78 is 15.3. The molecule has 0 saturated carbocycles. The molecule has 2 N–H and O–H groups in total. The smallest absolute Gasteiger partial charge is 0.263 e. The molecule has 2 aromatic heterocycles. The number of benzene rings is 1. The number of nitrogens with zero attached hydrogens (tertiary/aromatic N) is 3. The highest BCUT2D eigenvalue weighted by Gasteiger charge is 2.24. The van der Waals surface area contributed by atoms with E-state index in [1.54, 1.807) is 12.1 Å². The van der Waals surface area contributed by atoms with Crippen molar-refractivity contribution in [2.45, 2.75) is 51.1 Å². The summed E-state index contributed by atoms with van der Waals surface area (Å²) in [6, 6.07) is 9.32. The molecule has 4 rings (SSSR count). The van der Waals surface area contributed by atoms with Gasteiger partial charge in [0.15, 0.2) is 0 Å². The van der Waals surface area contributed by atoms with Crippen LogP contribution in [-0.4, -0.2) is 40.2 Å². The van der Waals surface area contributed by atoms with Gasteiger partial charge in [0.05, 0.1) is 10.6 Å². The number of hydrogen-bond acceptors (Lipinski definition) is 5. The number of fused-ring (bicyclic) bond motifs is 1. The highest BCUT2D eigenvalue weighted by Crippen LogP contribution is 2.28. The number of carbonyl (C=O) groups is 1. The zero-order chi connectivity index (χ0) is 22.0. The summed E-state index contributed by atoms with van der Waals surface area (Å²) in [5.74, 6) is -0.107. The van der Waals surface area contributed by atoms with Crippen LogP contribution >= 0.6 is 11.3 Å². The van der Waals surface area contributed by atoms with Gasteiger partial charge in [0, 0.05) is 38.1 Å². The van der Waals surface area contributed by atoms with E-state index in [1.165, 1.54) is 17.4 Å². The zero-order valence-electron chi connectivity index (χ0n) is 18.3. The predicted molar refractivity (Wildman–Crippen MR) is 123 cm³/mol. The van der Waals surface area contributed by atoms with Crippen molar-refractivity contribution in [3.8, 4) is 0 Å². The second kappa shape index (κ2) is 9.46. The molecule has 2 atom stereocenters. The third-order valence-electron chi connectivity index (χ3n) is 6.03. The topological polar surface area (TPSA) is 62.2 Å². The Morgan fingerprint density at radius 1 is 1.29 bits per heavy atom. The first-order chi connectivity index (χ1) is 14.9. The Hall–Kier alpha value is -2.29. The van der Waals surface area contributed by atoms with Crippen molar-refractivity contribution in [2.24, 2.45) is 7.05 Å². The van der Waals surface area contributed by atoms with Gasteiger partial charge < -0.3 is 4.90 Å².